The summed E-state index contributed by atoms with van der Waals surface area (Å²) in [6.07, 6.45) is 2.30. The smallest absolute Gasteiger partial charge is 0.242 e. The number of hydrogen-bond donors (Lipinski definition) is 2. The molecular formula is C11H21N3O2S. The molecule has 1 aromatic heterocycles. The van der Waals surface area contributed by atoms with E-state index in [1.54, 1.807) is 23.9 Å². The average molecular weight is 259 g/mol. The first-order chi connectivity index (χ1) is 7.72. The maximum atomic E-state index is 12.1. The Labute approximate surface area is 103 Å². The Balaban J connectivity index is 3.05. The van der Waals surface area contributed by atoms with E-state index in [0.29, 0.717) is 6.54 Å². The van der Waals surface area contributed by atoms with Gasteiger partial charge in [0.1, 0.15) is 0 Å². The van der Waals surface area contributed by atoms with E-state index in [4.69, 9.17) is 5.73 Å². The molecule has 17 heavy (non-hydrogen) atoms. The Morgan fingerprint density at radius 3 is 2.47 bits per heavy atom. The maximum absolute atomic E-state index is 12.1. The largest absolute Gasteiger partial charge is 0.352 e. The van der Waals surface area contributed by atoms with Crippen molar-refractivity contribution in [3.63, 3.8) is 0 Å². The second-order valence-corrected chi connectivity index (χ2v) is 6.51. The second kappa shape index (κ2) is 4.80. The van der Waals surface area contributed by atoms with Crippen LogP contribution in [-0.4, -0.2) is 18.5 Å². The van der Waals surface area contributed by atoms with Crippen molar-refractivity contribution in [1.29, 1.82) is 0 Å². The van der Waals surface area contributed by atoms with Crippen molar-refractivity contribution in [3.05, 3.63) is 18.0 Å². The highest BCUT2D eigenvalue weighted by atomic mass is 32.2. The molecule has 98 valence electrons. The lowest BCUT2D eigenvalue weighted by Gasteiger charge is -2.23. The van der Waals surface area contributed by atoms with E-state index in [-0.39, 0.29) is 4.90 Å². The van der Waals surface area contributed by atoms with Crippen molar-refractivity contribution in [2.75, 3.05) is 0 Å². The molecule has 0 spiro atoms. The molecule has 0 bridgehead atoms. The molecule has 1 heterocycles. The van der Waals surface area contributed by atoms with Crippen molar-refractivity contribution < 1.29 is 8.42 Å². The molecule has 3 N–H and O–H groups in total. The van der Waals surface area contributed by atoms with E-state index in [0.717, 1.165) is 12.1 Å². The minimum atomic E-state index is -3.47. The molecule has 0 atom stereocenters. The van der Waals surface area contributed by atoms with E-state index >= 15 is 0 Å². The number of aryl methyl sites for hydroxylation is 1. The summed E-state index contributed by atoms with van der Waals surface area (Å²) in [5.74, 6) is 0. The molecule has 0 aliphatic heterocycles. The third-order valence-corrected chi connectivity index (χ3v) is 4.56. The predicted molar refractivity (Wildman–Crippen MR) is 68.0 cm³/mol. The van der Waals surface area contributed by atoms with Gasteiger partial charge < -0.3 is 10.3 Å². The van der Waals surface area contributed by atoms with Crippen molar-refractivity contribution in [2.45, 2.75) is 44.2 Å². The van der Waals surface area contributed by atoms with Gasteiger partial charge in [-0.1, -0.05) is 6.92 Å². The molecule has 0 radical (unpaired) electrons. The van der Waals surface area contributed by atoms with Crippen molar-refractivity contribution >= 4 is 10.0 Å². The Bertz CT molecular complexity index is 489. The fraction of sp³-hybridized carbons (Fsp3) is 0.636. The highest BCUT2D eigenvalue weighted by Gasteiger charge is 2.25. The van der Waals surface area contributed by atoms with Crippen molar-refractivity contribution in [1.82, 2.24) is 9.29 Å². The summed E-state index contributed by atoms with van der Waals surface area (Å²) in [6, 6.07) is 1.61. The monoisotopic (exact) mass is 259 g/mol. The normalized spacial score (nSPS) is 13.0. The summed E-state index contributed by atoms with van der Waals surface area (Å²) in [5.41, 5.74) is 5.87. The molecule has 0 aromatic carbocycles. The standard InChI is InChI=1S/C11H21N3O2S/c1-5-11(2,3)13-17(15,16)10-6-9(7-12)14(4)8-10/h6,8,13H,5,7,12H2,1-4H3. The summed E-state index contributed by atoms with van der Waals surface area (Å²) in [4.78, 5) is 0.266. The number of sulfonamides is 1. The van der Waals surface area contributed by atoms with Crippen LogP contribution in [0.3, 0.4) is 0 Å². The lowest BCUT2D eigenvalue weighted by atomic mass is 10.0. The van der Waals surface area contributed by atoms with Crippen LogP contribution in [0, 0.1) is 0 Å². The molecule has 0 fully saturated rings. The van der Waals surface area contributed by atoms with Crippen molar-refractivity contribution in [3.8, 4) is 0 Å². The Kier molecular flexibility index (Phi) is 4.01. The number of nitrogens with two attached hydrogens (primary N) is 1. The number of nitrogens with one attached hydrogen (secondary N) is 1. The summed E-state index contributed by atoms with van der Waals surface area (Å²) in [7, 11) is -1.68. The van der Waals surface area contributed by atoms with Crippen LogP contribution in [0.5, 0.6) is 0 Å². The van der Waals surface area contributed by atoms with Gasteiger partial charge in [-0.15, -0.1) is 0 Å². The van der Waals surface area contributed by atoms with Gasteiger partial charge in [-0.05, 0) is 26.3 Å². The van der Waals surface area contributed by atoms with Crippen molar-refractivity contribution in [2.24, 2.45) is 12.8 Å². The van der Waals surface area contributed by atoms with Gasteiger partial charge >= 0.3 is 0 Å². The summed E-state index contributed by atoms with van der Waals surface area (Å²) in [6.45, 7) is 5.98. The third kappa shape index (κ3) is 3.31. The number of hydrogen-bond acceptors (Lipinski definition) is 3. The second-order valence-electron chi connectivity index (χ2n) is 4.83. The van der Waals surface area contributed by atoms with Gasteiger partial charge in [-0.3, -0.25) is 0 Å². The van der Waals surface area contributed by atoms with Crippen LogP contribution >= 0.6 is 0 Å². The highest BCUT2D eigenvalue weighted by Crippen LogP contribution is 2.17. The first kappa shape index (κ1) is 14.2. The van der Waals surface area contributed by atoms with E-state index in [2.05, 4.69) is 4.72 Å². The summed E-state index contributed by atoms with van der Waals surface area (Å²) < 4.78 is 28.7. The SMILES string of the molecule is CCC(C)(C)NS(=O)(=O)c1cc(CN)n(C)c1. The molecule has 0 amide bonds. The lowest BCUT2D eigenvalue weighted by Crippen LogP contribution is -2.42. The van der Waals surface area contributed by atoms with Gasteiger partial charge in [0.2, 0.25) is 10.0 Å². The van der Waals surface area contributed by atoms with Gasteiger partial charge in [-0.2, -0.15) is 0 Å². The van der Waals surface area contributed by atoms with Gasteiger partial charge in [0.25, 0.3) is 0 Å². The number of nitrogens with zero attached hydrogens (tertiary/aromatic N) is 1. The molecular weight excluding hydrogens is 238 g/mol. The molecule has 0 unspecified atom stereocenters. The van der Waals surface area contributed by atoms with Crippen LogP contribution in [0.15, 0.2) is 17.2 Å². The predicted octanol–water partition coefficient (Wildman–Crippen LogP) is 0.951. The summed E-state index contributed by atoms with van der Waals surface area (Å²) in [5, 5.41) is 0. The van der Waals surface area contributed by atoms with Crippen LogP contribution in [0.25, 0.3) is 0 Å². The molecule has 0 saturated heterocycles. The third-order valence-electron chi connectivity index (χ3n) is 2.90. The van der Waals surface area contributed by atoms with Crippen LogP contribution in [0.4, 0.5) is 0 Å². The van der Waals surface area contributed by atoms with Gasteiger partial charge in [0.05, 0.1) is 4.90 Å². The zero-order chi connectivity index (χ0) is 13.3. The Hall–Kier alpha value is -0.850. The zero-order valence-corrected chi connectivity index (χ0v) is 11.6. The minimum absolute atomic E-state index is 0.266. The fourth-order valence-electron chi connectivity index (χ4n) is 1.42. The fourth-order valence-corrected chi connectivity index (χ4v) is 3.00. The first-order valence-electron chi connectivity index (χ1n) is 5.61. The van der Waals surface area contributed by atoms with Gasteiger partial charge in [-0.25, -0.2) is 13.1 Å². The van der Waals surface area contributed by atoms with E-state index in [1.165, 1.54) is 0 Å². The molecule has 0 saturated carbocycles. The molecule has 0 aliphatic carbocycles. The van der Waals surface area contributed by atoms with Gasteiger partial charge in [0, 0.05) is 31.0 Å². The number of aromatic nitrogens is 1. The lowest BCUT2D eigenvalue weighted by molar-refractivity contribution is 0.439. The van der Waals surface area contributed by atoms with Crippen LogP contribution < -0.4 is 10.5 Å². The van der Waals surface area contributed by atoms with E-state index in [9.17, 15) is 8.42 Å². The Morgan fingerprint density at radius 1 is 1.47 bits per heavy atom. The maximum Gasteiger partial charge on any atom is 0.242 e. The number of rotatable bonds is 5. The highest BCUT2D eigenvalue weighted by molar-refractivity contribution is 7.89. The molecule has 0 aliphatic rings. The zero-order valence-electron chi connectivity index (χ0n) is 10.8. The minimum Gasteiger partial charge on any atom is -0.352 e. The van der Waals surface area contributed by atoms with Gasteiger partial charge in [0.15, 0.2) is 0 Å². The first-order valence-corrected chi connectivity index (χ1v) is 7.09. The van der Waals surface area contributed by atoms with Crippen LogP contribution in [0.1, 0.15) is 32.9 Å². The summed E-state index contributed by atoms with van der Waals surface area (Å²) >= 11 is 0. The quantitative estimate of drug-likeness (QED) is 0.826. The molecule has 6 heteroatoms. The molecule has 5 nitrogen and oxygen atoms in total. The molecule has 1 rings (SSSR count). The topological polar surface area (TPSA) is 77.1 Å². The van der Waals surface area contributed by atoms with Crippen LogP contribution in [-0.2, 0) is 23.6 Å². The van der Waals surface area contributed by atoms with E-state index in [1.807, 2.05) is 20.8 Å². The molecule has 1 aromatic rings. The average Bonchev–Trinajstić information content (AvgIpc) is 2.59. The van der Waals surface area contributed by atoms with E-state index < -0.39 is 15.6 Å². The Morgan fingerprint density at radius 2 is 2.06 bits per heavy atom. The van der Waals surface area contributed by atoms with Crippen LogP contribution in [0.2, 0.25) is 0 Å².